The van der Waals surface area contributed by atoms with Gasteiger partial charge in [0, 0.05) is 54.4 Å². The molecule has 0 saturated carbocycles. The first-order valence-corrected chi connectivity index (χ1v) is 9.93. The van der Waals surface area contributed by atoms with Crippen molar-refractivity contribution in [3.63, 3.8) is 0 Å². The van der Waals surface area contributed by atoms with Crippen molar-refractivity contribution in [2.75, 3.05) is 40.0 Å². The lowest BCUT2D eigenvalue weighted by Gasteiger charge is -2.26. The molecule has 0 atom stereocenters. The first-order valence-electron chi connectivity index (χ1n) is 9.93. The quantitative estimate of drug-likeness (QED) is 0.571. The van der Waals surface area contributed by atoms with Crippen molar-refractivity contribution >= 4 is 16.7 Å². The number of carbonyl (C=O) groups is 1. The molecule has 2 heterocycles. The zero-order valence-electron chi connectivity index (χ0n) is 16.6. The highest BCUT2D eigenvalue weighted by Crippen LogP contribution is 2.26. The predicted molar refractivity (Wildman–Crippen MR) is 110 cm³/mol. The van der Waals surface area contributed by atoms with E-state index < -0.39 is 0 Å². The number of hydrogen-bond donors (Lipinski definition) is 0. The monoisotopic (exact) mass is 396 g/mol. The number of rotatable bonds is 7. The molecule has 1 fully saturated rings. The van der Waals surface area contributed by atoms with Gasteiger partial charge in [0.05, 0.1) is 20.3 Å². The Balaban J connectivity index is 1.58. The second-order valence-electron chi connectivity index (χ2n) is 7.26. The minimum atomic E-state index is -0.340. The van der Waals surface area contributed by atoms with Gasteiger partial charge >= 0.3 is 0 Å². The van der Waals surface area contributed by atoms with Crippen molar-refractivity contribution < 1.29 is 18.7 Å². The molecular weight excluding hydrogens is 371 g/mol. The molecular formula is C23H25FN2O3. The fraction of sp³-hybridized carbons (Fsp3) is 0.348. The summed E-state index contributed by atoms with van der Waals surface area (Å²) < 4.78 is 26.5. The zero-order valence-corrected chi connectivity index (χ0v) is 16.6. The van der Waals surface area contributed by atoms with Crippen molar-refractivity contribution in [2.45, 2.75) is 13.0 Å². The highest BCUT2D eigenvalue weighted by molar-refractivity contribution is 6.16. The second kappa shape index (κ2) is 8.76. The third-order valence-corrected chi connectivity index (χ3v) is 5.42. The Morgan fingerprint density at radius 1 is 1.10 bits per heavy atom. The minimum absolute atomic E-state index is 0.116. The maximum absolute atomic E-state index is 13.9. The SMILES string of the molecule is COc1ccc(C(=O)c2cn(CCCN3CCOCC3)c3ccc(F)cc23)cc1. The number of ketones is 1. The molecule has 0 radical (unpaired) electrons. The molecule has 0 aliphatic carbocycles. The maximum atomic E-state index is 13.9. The van der Waals surface area contributed by atoms with Crippen molar-refractivity contribution in [2.24, 2.45) is 0 Å². The Morgan fingerprint density at radius 2 is 1.86 bits per heavy atom. The van der Waals surface area contributed by atoms with Crippen LogP contribution in [0.2, 0.25) is 0 Å². The Labute approximate surface area is 169 Å². The van der Waals surface area contributed by atoms with Gasteiger partial charge < -0.3 is 14.0 Å². The van der Waals surface area contributed by atoms with E-state index in [4.69, 9.17) is 9.47 Å². The Hall–Kier alpha value is -2.70. The van der Waals surface area contributed by atoms with E-state index in [0.717, 1.165) is 51.3 Å². The molecule has 5 nitrogen and oxygen atoms in total. The van der Waals surface area contributed by atoms with Gasteiger partial charge in [-0.2, -0.15) is 0 Å². The van der Waals surface area contributed by atoms with E-state index >= 15 is 0 Å². The van der Waals surface area contributed by atoms with E-state index in [-0.39, 0.29) is 11.6 Å². The van der Waals surface area contributed by atoms with Crippen LogP contribution in [-0.2, 0) is 11.3 Å². The molecule has 4 rings (SSSR count). The van der Waals surface area contributed by atoms with Crippen molar-refractivity contribution in [1.82, 2.24) is 9.47 Å². The summed E-state index contributed by atoms with van der Waals surface area (Å²) in [5.74, 6) is 0.237. The maximum Gasteiger partial charge on any atom is 0.195 e. The smallest absolute Gasteiger partial charge is 0.195 e. The third-order valence-electron chi connectivity index (χ3n) is 5.42. The normalized spacial score (nSPS) is 15.0. The molecule has 0 amide bonds. The zero-order chi connectivity index (χ0) is 20.2. The Bertz CT molecular complexity index is 991. The van der Waals surface area contributed by atoms with Crippen LogP contribution in [0.15, 0.2) is 48.7 Å². The van der Waals surface area contributed by atoms with Crippen LogP contribution < -0.4 is 4.74 Å². The molecule has 0 N–H and O–H groups in total. The van der Waals surface area contributed by atoms with Gasteiger partial charge in [0.15, 0.2) is 5.78 Å². The predicted octanol–water partition coefficient (Wildman–Crippen LogP) is 3.74. The van der Waals surface area contributed by atoms with E-state index in [0.29, 0.717) is 22.3 Å². The summed E-state index contributed by atoms with van der Waals surface area (Å²) >= 11 is 0. The first-order chi connectivity index (χ1) is 14.2. The van der Waals surface area contributed by atoms with E-state index in [2.05, 4.69) is 9.47 Å². The van der Waals surface area contributed by atoms with Crippen LogP contribution in [0, 0.1) is 5.82 Å². The summed E-state index contributed by atoms with van der Waals surface area (Å²) in [6.45, 7) is 5.23. The molecule has 0 bridgehead atoms. The molecule has 1 aromatic heterocycles. The van der Waals surface area contributed by atoms with Crippen molar-refractivity contribution in [3.8, 4) is 5.75 Å². The average molecular weight is 396 g/mol. The molecule has 1 saturated heterocycles. The van der Waals surface area contributed by atoms with E-state index in [9.17, 15) is 9.18 Å². The lowest BCUT2D eigenvalue weighted by Crippen LogP contribution is -2.37. The van der Waals surface area contributed by atoms with Gasteiger partial charge in [0.1, 0.15) is 11.6 Å². The minimum Gasteiger partial charge on any atom is -0.497 e. The molecule has 3 aromatic rings. The van der Waals surface area contributed by atoms with Crippen LogP contribution in [0.3, 0.4) is 0 Å². The standard InChI is InChI=1S/C23H25FN2O3/c1-28-19-6-3-17(4-7-19)23(27)21-16-26(22-8-5-18(24)15-20(21)22)10-2-9-25-11-13-29-14-12-25/h3-8,15-16H,2,9-14H2,1H3. The van der Waals surface area contributed by atoms with Gasteiger partial charge in [-0.15, -0.1) is 0 Å². The Kier molecular flexibility index (Phi) is 5.92. The second-order valence-corrected chi connectivity index (χ2v) is 7.26. The number of fused-ring (bicyclic) bond motifs is 1. The number of benzene rings is 2. The topological polar surface area (TPSA) is 43.7 Å². The lowest BCUT2D eigenvalue weighted by molar-refractivity contribution is 0.0369. The summed E-state index contributed by atoms with van der Waals surface area (Å²) in [5, 5.41) is 0.650. The van der Waals surface area contributed by atoms with Crippen LogP contribution in [0.1, 0.15) is 22.3 Å². The Morgan fingerprint density at radius 3 is 2.59 bits per heavy atom. The van der Waals surface area contributed by atoms with Gasteiger partial charge in [-0.1, -0.05) is 0 Å². The number of aromatic nitrogens is 1. The van der Waals surface area contributed by atoms with Gasteiger partial charge in [0.2, 0.25) is 0 Å². The summed E-state index contributed by atoms with van der Waals surface area (Å²) in [5.41, 5.74) is 1.96. The first kappa shape index (κ1) is 19.6. The van der Waals surface area contributed by atoms with Gasteiger partial charge in [-0.05, 0) is 48.9 Å². The number of methoxy groups -OCH3 is 1. The number of nitrogens with zero attached hydrogens (tertiary/aromatic N) is 2. The van der Waals surface area contributed by atoms with Crippen LogP contribution >= 0.6 is 0 Å². The van der Waals surface area contributed by atoms with Crippen molar-refractivity contribution in [1.29, 1.82) is 0 Å². The summed E-state index contributed by atoms with van der Waals surface area (Å²) in [4.78, 5) is 15.5. The van der Waals surface area contributed by atoms with Gasteiger partial charge in [-0.3, -0.25) is 9.69 Å². The number of halogens is 1. The molecule has 29 heavy (non-hydrogen) atoms. The van der Waals surface area contributed by atoms with Gasteiger partial charge in [-0.25, -0.2) is 4.39 Å². The number of morpholine rings is 1. The fourth-order valence-electron chi connectivity index (χ4n) is 3.82. The lowest BCUT2D eigenvalue weighted by atomic mass is 10.0. The van der Waals surface area contributed by atoms with E-state index in [1.165, 1.54) is 12.1 Å². The van der Waals surface area contributed by atoms with E-state index in [1.54, 1.807) is 37.4 Å². The van der Waals surface area contributed by atoms with Crippen LogP contribution in [-0.4, -0.2) is 55.2 Å². The third kappa shape index (κ3) is 4.33. The summed E-state index contributed by atoms with van der Waals surface area (Å²) in [7, 11) is 1.59. The highest BCUT2D eigenvalue weighted by atomic mass is 19.1. The number of hydrogen-bond acceptors (Lipinski definition) is 4. The molecule has 152 valence electrons. The number of carbonyl (C=O) groups excluding carboxylic acids is 1. The molecule has 1 aliphatic rings. The molecule has 6 heteroatoms. The highest BCUT2D eigenvalue weighted by Gasteiger charge is 2.18. The number of aryl methyl sites for hydroxylation is 1. The van der Waals surface area contributed by atoms with Crippen LogP contribution in [0.5, 0.6) is 5.75 Å². The summed E-state index contributed by atoms with van der Waals surface area (Å²) in [6, 6.07) is 11.6. The number of ether oxygens (including phenoxy) is 2. The molecule has 2 aromatic carbocycles. The largest absolute Gasteiger partial charge is 0.497 e. The van der Waals surface area contributed by atoms with Crippen LogP contribution in [0.25, 0.3) is 10.9 Å². The van der Waals surface area contributed by atoms with Gasteiger partial charge in [0.25, 0.3) is 0 Å². The van der Waals surface area contributed by atoms with Crippen molar-refractivity contribution in [3.05, 3.63) is 65.6 Å². The average Bonchev–Trinajstić information content (AvgIpc) is 3.11. The van der Waals surface area contributed by atoms with E-state index in [1.807, 2.05) is 6.20 Å². The molecule has 1 aliphatic heterocycles. The molecule has 0 unspecified atom stereocenters. The summed E-state index contributed by atoms with van der Waals surface area (Å²) in [6.07, 6.45) is 2.81. The fourth-order valence-corrected chi connectivity index (χ4v) is 3.82. The van der Waals surface area contributed by atoms with Crippen LogP contribution in [0.4, 0.5) is 4.39 Å². The molecule has 0 spiro atoms.